The summed E-state index contributed by atoms with van der Waals surface area (Å²) >= 11 is 0. The van der Waals surface area contributed by atoms with E-state index in [2.05, 4.69) is 0 Å². The normalized spacial score (nSPS) is 9.78. The molecule has 0 N–H and O–H groups in total. The maximum Gasteiger partial charge on any atom is 2.00 e. The second kappa shape index (κ2) is 11.7. The zero-order valence-electron chi connectivity index (χ0n) is 5.23. The third-order valence-corrected chi connectivity index (χ3v) is 0. The fourth-order valence-electron chi connectivity index (χ4n) is 0. The van der Waals surface area contributed by atoms with Crippen molar-refractivity contribution in [3.05, 3.63) is 0 Å². The van der Waals surface area contributed by atoms with E-state index in [0.29, 0.717) is 0 Å². The van der Waals surface area contributed by atoms with E-state index >= 15 is 0 Å². The van der Waals surface area contributed by atoms with Crippen LogP contribution >= 0.6 is 16.1 Å². The van der Waals surface area contributed by atoms with Crippen LogP contribution in [0.2, 0.25) is 0 Å². The average molecular weight is 180 g/mol. The van der Waals surface area contributed by atoms with Crippen molar-refractivity contribution in [3.63, 3.8) is 0 Å². The van der Waals surface area contributed by atoms with Crippen molar-refractivity contribution >= 4 is 39.1 Å². The molecule has 2 atom stereocenters. The average Bonchev–Trinajstić information content (AvgIpc) is 1.25. The van der Waals surface area contributed by atoms with Crippen LogP contribution in [0.3, 0.4) is 0 Å². The molecule has 0 aromatic rings. The van der Waals surface area contributed by atoms with Crippen LogP contribution in [0.1, 0.15) is 0 Å². The van der Waals surface area contributed by atoms with Crippen LogP contribution in [-0.4, -0.2) is 36.4 Å². The molecule has 7 heteroatoms. The molecule has 4 nitrogen and oxygen atoms in total. The maximum atomic E-state index is 9.04. The SMILES string of the molecule is C[P+](=O)[O-].C[P+](=O)[O-].[Mg+2]. The standard InChI is InChI=1S/2CH3O2P.Mg/c2*1-4(2)3;/h2*1H3;/q;;+2. The van der Waals surface area contributed by atoms with Gasteiger partial charge in [0.2, 0.25) is 0 Å². The van der Waals surface area contributed by atoms with Gasteiger partial charge in [0.25, 0.3) is 0 Å². The van der Waals surface area contributed by atoms with Gasteiger partial charge in [-0.25, -0.2) is 0 Å². The molecule has 0 saturated carbocycles. The van der Waals surface area contributed by atoms with Crippen molar-refractivity contribution in [2.75, 3.05) is 13.3 Å². The maximum absolute atomic E-state index is 9.04. The van der Waals surface area contributed by atoms with Gasteiger partial charge in [-0.3, -0.25) is 0 Å². The van der Waals surface area contributed by atoms with Gasteiger partial charge >= 0.3 is 39.1 Å². The van der Waals surface area contributed by atoms with Gasteiger partial charge in [0.1, 0.15) is 13.3 Å². The van der Waals surface area contributed by atoms with E-state index in [0.717, 1.165) is 13.3 Å². The molecular weight excluding hydrogens is 174 g/mol. The second-order valence-corrected chi connectivity index (χ2v) is 2.64. The molecule has 48 valence electrons. The molecular formula is C2H6MgO4P2+2. The minimum Gasteiger partial charge on any atom is -0.596 e. The minimum atomic E-state index is -2.12. The molecule has 0 aliphatic carbocycles. The third-order valence-electron chi connectivity index (χ3n) is 0. The van der Waals surface area contributed by atoms with Gasteiger partial charge in [-0.05, 0) is 0 Å². The van der Waals surface area contributed by atoms with Crippen molar-refractivity contribution in [2.45, 2.75) is 0 Å². The van der Waals surface area contributed by atoms with Gasteiger partial charge in [0.15, 0.2) is 0 Å². The first-order chi connectivity index (χ1) is 3.46. The molecule has 0 amide bonds. The fourth-order valence-corrected chi connectivity index (χ4v) is 0. The summed E-state index contributed by atoms with van der Waals surface area (Å²) < 4.78 is 18.1. The zero-order chi connectivity index (χ0) is 7.15. The van der Waals surface area contributed by atoms with E-state index in [-0.39, 0.29) is 23.1 Å². The molecule has 0 radical (unpaired) electrons. The number of hydrogen-bond acceptors (Lipinski definition) is 4. The van der Waals surface area contributed by atoms with Crippen LogP contribution in [0.15, 0.2) is 0 Å². The summed E-state index contributed by atoms with van der Waals surface area (Å²) in [7, 11) is -4.24. The van der Waals surface area contributed by atoms with Crippen LogP contribution in [0.4, 0.5) is 0 Å². The number of rotatable bonds is 0. The first kappa shape index (κ1) is 16.5. The molecule has 0 spiro atoms. The summed E-state index contributed by atoms with van der Waals surface area (Å²) in [5, 5.41) is 0. The van der Waals surface area contributed by atoms with Crippen LogP contribution < -0.4 is 9.79 Å². The molecule has 0 aliphatic heterocycles. The van der Waals surface area contributed by atoms with E-state index in [1.807, 2.05) is 0 Å². The molecule has 0 aromatic heterocycles. The zero-order valence-corrected chi connectivity index (χ0v) is 8.44. The summed E-state index contributed by atoms with van der Waals surface area (Å²) in [5.41, 5.74) is 0. The Morgan fingerprint density at radius 1 is 1.00 bits per heavy atom. The molecule has 0 aromatic carbocycles. The molecule has 2 unspecified atom stereocenters. The molecule has 0 bridgehead atoms. The molecule has 0 saturated heterocycles. The van der Waals surface area contributed by atoms with Crippen molar-refractivity contribution < 1.29 is 18.9 Å². The molecule has 0 fully saturated rings. The Labute approximate surface area is 71.6 Å². The van der Waals surface area contributed by atoms with Crippen molar-refractivity contribution in [1.29, 1.82) is 0 Å². The predicted octanol–water partition coefficient (Wildman–Crippen LogP) is -0.943. The fraction of sp³-hybridized carbons (Fsp3) is 1.00. The monoisotopic (exact) mass is 180 g/mol. The van der Waals surface area contributed by atoms with Gasteiger partial charge in [-0.2, -0.15) is 0 Å². The smallest absolute Gasteiger partial charge is 0.596 e. The van der Waals surface area contributed by atoms with E-state index < -0.39 is 16.1 Å². The van der Waals surface area contributed by atoms with Gasteiger partial charge in [0, 0.05) is 0 Å². The summed E-state index contributed by atoms with van der Waals surface area (Å²) in [6.07, 6.45) is 0. The van der Waals surface area contributed by atoms with Gasteiger partial charge in [-0.1, -0.05) is 9.13 Å². The first-order valence-corrected chi connectivity index (χ1v) is 4.87. The first-order valence-electron chi connectivity index (χ1n) is 1.62. The van der Waals surface area contributed by atoms with Crippen molar-refractivity contribution in [1.82, 2.24) is 0 Å². The molecule has 9 heavy (non-hydrogen) atoms. The Morgan fingerprint density at radius 3 is 1.00 bits per heavy atom. The van der Waals surface area contributed by atoms with Gasteiger partial charge in [0.05, 0.1) is 0 Å². The largest absolute Gasteiger partial charge is 2.00 e. The Balaban J connectivity index is -0.0000000720. The predicted molar refractivity (Wildman–Crippen MR) is 32.8 cm³/mol. The Kier molecular flexibility index (Phi) is 21.3. The van der Waals surface area contributed by atoms with Crippen molar-refractivity contribution in [3.8, 4) is 0 Å². The van der Waals surface area contributed by atoms with Gasteiger partial charge < -0.3 is 9.79 Å². The third kappa shape index (κ3) is 537. The second-order valence-electron chi connectivity index (χ2n) is 0.879. The summed E-state index contributed by atoms with van der Waals surface area (Å²) in [6.45, 7) is 2.24. The summed E-state index contributed by atoms with van der Waals surface area (Å²) in [4.78, 5) is 18.1. The van der Waals surface area contributed by atoms with E-state index in [1.165, 1.54) is 0 Å². The van der Waals surface area contributed by atoms with Gasteiger partial charge in [-0.15, -0.1) is 0 Å². The van der Waals surface area contributed by atoms with E-state index in [1.54, 1.807) is 0 Å². The minimum absolute atomic E-state index is 0. The summed E-state index contributed by atoms with van der Waals surface area (Å²) in [6, 6.07) is 0. The quantitative estimate of drug-likeness (QED) is 0.356. The topological polar surface area (TPSA) is 80.3 Å². The Hall–Kier alpha value is 0.886. The molecule has 0 rings (SSSR count). The summed E-state index contributed by atoms with van der Waals surface area (Å²) in [5.74, 6) is 0. The van der Waals surface area contributed by atoms with E-state index in [9.17, 15) is 0 Å². The van der Waals surface area contributed by atoms with E-state index in [4.69, 9.17) is 18.9 Å². The molecule has 0 aliphatic rings. The van der Waals surface area contributed by atoms with Crippen LogP contribution in [0.25, 0.3) is 0 Å². The number of hydrogen-bond donors (Lipinski definition) is 0. The Bertz CT molecular complexity index is 74.6. The molecule has 0 heterocycles. The van der Waals surface area contributed by atoms with Crippen molar-refractivity contribution in [2.24, 2.45) is 0 Å². The van der Waals surface area contributed by atoms with Crippen LogP contribution in [0, 0.1) is 0 Å². The van der Waals surface area contributed by atoms with Crippen LogP contribution in [-0.2, 0) is 9.13 Å². The Morgan fingerprint density at radius 2 is 1.00 bits per heavy atom. The van der Waals surface area contributed by atoms with Crippen LogP contribution in [0.5, 0.6) is 0 Å².